The Morgan fingerprint density at radius 3 is 2.42 bits per heavy atom. The van der Waals surface area contributed by atoms with E-state index in [0.717, 1.165) is 67.5 Å². The summed E-state index contributed by atoms with van der Waals surface area (Å²) in [4.78, 5) is 14.9. The summed E-state index contributed by atoms with van der Waals surface area (Å²) in [5.74, 6) is 4.92. The van der Waals surface area contributed by atoms with Crippen LogP contribution in [0.25, 0.3) is 0 Å². The van der Waals surface area contributed by atoms with Crippen molar-refractivity contribution in [3.8, 4) is 0 Å². The normalized spacial score (nSPS) is 18.0. The largest absolute Gasteiger partial charge is 0.354 e. The van der Waals surface area contributed by atoms with Gasteiger partial charge < -0.3 is 9.47 Å². The van der Waals surface area contributed by atoms with Gasteiger partial charge in [-0.1, -0.05) is 39.5 Å². The lowest BCUT2D eigenvalue weighted by molar-refractivity contribution is 0.258. The molecular weight excluding hydrogens is 406 g/mol. The fraction of sp³-hybridized carbons (Fsp3) is 0.739. The number of anilines is 1. The monoisotopic (exact) mass is 443 g/mol. The van der Waals surface area contributed by atoms with E-state index >= 15 is 0 Å². The maximum Gasteiger partial charge on any atom is 0.190 e. The SMILES string of the molecule is CCc1nnc(SCCCN2CCN(c3cc(C4CC4)nc(C(C)(C)C)n3)CC2)n1C. The fourth-order valence-corrected chi connectivity index (χ4v) is 4.82. The van der Waals surface area contributed by atoms with E-state index in [0.29, 0.717) is 5.92 Å². The molecule has 0 spiro atoms. The van der Waals surface area contributed by atoms with E-state index in [2.05, 4.69) is 65.4 Å². The number of hydrogen-bond acceptors (Lipinski definition) is 7. The third kappa shape index (κ3) is 5.58. The molecule has 7 nitrogen and oxygen atoms in total. The molecule has 1 aliphatic heterocycles. The van der Waals surface area contributed by atoms with E-state index < -0.39 is 0 Å². The topological polar surface area (TPSA) is 63.0 Å². The lowest BCUT2D eigenvalue weighted by Crippen LogP contribution is -2.47. The van der Waals surface area contributed by atoms with Gasteiger partial charge in [0.15, 0.2) is 5.16 Å². The van der Waals surface area contributed by atoms with Crippen LogP contribution in [-0.4, -0.2) is 68.1 Å². The van der Waals surface area contributed by atoms with Crippen molar-refractivity contribution < 1.29 is 0 Å². The van der Waals surface area contributed by atoms with Crippen molar-refractivity contribution in [2.45, 2.75) is 69.9 Å². The summed E-state index contributed by atoms with van der Waals surface area (Å²) < 4.78 is 2.12. The Morgan fingerprint density at radius 1 is 1.06 bits per heavy atom. The van der Waals surface area contributed by atoms with Crippen LogP contribution in [-0.2, 0) is 18.9 Å². The minimum absolute atomic E-state index is 0.0141. The first-order chi connectivity index (χ1) is 14.8. The van der Waals surface area contributed by atoms with Crippen LogP contribution in [0.15, 0.2) is 11.2 Å². The van der Waals surface area contributed by atoms with Crippen molar-refractivity contribution in [1.82, 2.24) is 29.6 Å². The van der Waals surface area contributed by atoms with Crippen LogP contribution >= 0.6 is 11.8 Å². The second kappa shape index (κ2) is 9.45. The lowest BCUT2D eigenvalue weighted by Gasteiger charge is -2.36. The van der Waals surface area contributed by atoms with Gasteiger partial charge in [-0.15, -0.1) is 10.2 Å². The van der Waals surface area contributed by atoms with Crippen LogP contribution in [0, 0.1) is 0 Å². The average molecular weight is 444 g/mol. The van der Waals surface area contributed by atoms with Crippen molar-refractivity contribution in [2.75, 3.05) is 43.4 Å². The Bertz CT molecular complexity index is 877. The minimum atomic E-state index is -0.0141. The average Bonchev–Trinajstić information content (AvgIpc) is 3.55. The maximum atomic E-state index is 4.97. The zero-order valence-corrected chi connectivity index (χ0v) is 20.6. The summed E-state index contributed by atoms with van der Waals surface area (Å²) in [7, 11) is 2.06. The molecule has 2 aromatic heterocycles. The predicted octanol–water partition coefficient (Wildman–Crippen LogP) is 3.65. The van der Waals surface area contributed by atoms with Crippen molar-refractivity contribution in [2.24, 2.45) is 7.05 Å². The number of rotatable bonds is 8. The number of piperazine rings is 1. The first-order valence-electron chi connectivity index (χ1n) is 11.7. The Hall–Kier alpha value is -1.67. The molecule has 1 aliphatic carbocycles. The molecule has 2 fully saturated rings. The van der Waals surface area contributed by atoms with E-state index in [1.807, 2.05) is 11.8 Å². The molecule has 0 unspecified atom stereocenters. The van der Waals surface area contributed by atoms with Gasteiger partial charge in [-0.25, -0.2) is 9.97 Å². The number of thioether (sulfide) groups is 1. The van der Waals surface area contributed by atoms with Gasteiger partial charge in [0.25, 0.3) is 0 Å². The standard InChI is InChI=1S/C23H37N7S/c1-6-19-26-27-22(28(19)5)31-15-7-10-29-11-13-30(14-12-29)20-16-18(17-8-9-17)24-21(25-20)23(2,3)4/h16-17H,6-15H2,1-5H3. The molecule has 3 heterocycles. The molecule has 0 atom stereocenters. The lowest BCUT2D eigenvalue weighted by atomic mass is 9.95. The van der Waals surface area contributed by atoms with Crippen molar-refractivity contribution in [3.63, 3.8) is 0 Å². The van der Waals surface area contributed by atoms with Crippen LogP contribution in [0.5, 0.6) is 0 Å². The summed E-state index contributed by atoms with van der Waals surface area (Å²) in [6, 6.07) is 2.25. The summed E-state index contributed by atoms with van der Waals surface area (Å²) in [5, 5.41) is 9.59. The van der Waals surface area contributed by atoms with Crippen LogP contribution in [0.2, 0.25) is 0 Å². The smallest absolute Gasteiger partial charge is 0.190 e. The van der Waals surface area contributed by atoms with Gasteiger partial charge in [0, 0.05) is 68.5 Å². The number of nitrogens with zero attached hydrogens (tertiary/aromatic N) is 7. The molecule has 31 heavy (non-hydrogen) atoms. The Labute approximate surface area is 191 Å². The highest BCUT2D eigenvalue weighted by molar-refractivity contribution is 7.99. The van der Waals surface area contributed by atoms with E-state index in [-0.39, 0.29) is 5.41 Å². The van der Waals surface area contributed by atoms with Gasteiger partial charge in [-0.3, -0.25) is 4.90 Å². The summed E-state index contributed by atoms with van der Waals surface area (Å²) in [6.45, 7) is 14.2. The van der Waals surface area contributed by atoms with E-state index in [4.69, 9.17) is 9.97 Å². The zero-order chi connectivity index (χ0) is 22.0. The van der Waals surface area contributed by atoms with E-state index in [1.54, 1.807) is 0 Å². The molecule has 0 amide bonds. The highest BCUT2D eigenvalue weighted by Gasteiger charge is 2.29. The van der Waals surface area contributed by atoms with Gasteiger partial charge in [0.1, 0.15) is 17.5 Å². The highest BCUT2D eigenvalue weighted by atomic mass is 32.2. The van der Waals surface area contributed by atoms with Crippen molar-refractivity contribution in [3.05, 3.63) is 23.4 Å². The third-order valence-electron chi connectivity index (χ3n) is 6.19. The molecule has 4 rings (SSSR count). The molecule has 0 bridgehead atoms. The van der Waals surface area contributed by atoms with Gasteiger partial charge in [-0.05, 0) is 25.8 Å². The molecule has 2 aliphatic rings. The Morgan fingerprint density at radius 2 is 1.81 bits per heavy atom. The molecule has 0 aromatic carbocycles. The quantitative estimate of drug-likeness (QED) is 0.456. The first-order valence-corrected chi connectivity index (χ1v) is 12.7. The summed E-state index contributed by atoms with van der Waals surface area (Å²) >= 11 is 1.82. The second-order valence-corrected chi connectivity index (χ2v) is 10.9. The summed E-state index contributed by atoms with van der Waals surface area (Å²) in [5.41, 5.74) is 1.24. The van der Waals surface area contributed by atoms with Gasteiger partial charge in [-0.2, -0.15) is 0 Å². The first kappa shape index (κ1) is 22.5. The van der Waals surface area contributed by atoms with Gasteiger partial charge in [0.2, 0.25) is 0 Å². The zero-order valence-electron chi connectivity index (χ0n) is 19.8. The molecule has 8 heteroatoms. The maximum absolute atomic E-state index is 4.97. The second-order valence-electron chi connectivity index (χ2n) is 9.84. The highest BCUT2D eigenvalue weighted by Crippen LogP contribution is 2.40. The molecule has 1 saturated heterocycles. The van der Waals surface area contributed by atoms with Crippen molar-refractivity contribution >= 4 is 17.6 Å². The molecular formula is C23H37N7S. The molecule has 1 saturated carbocycles. The summed E-state index contributed by atoms with van der Waals surface area (Å²) in [6.07, 6.45) is 4.66. The van der Waals surface area contributed by atoms with Gasteiger partial charge in [0.05, 0.1) is 0 Å². The molecule has 2 aromatic rings. The van der Waals surface area contributed by atoms with Gasteiger partial charge >= 0.3 is 0 Å². The molecule has 170 valence electrons. The number of hydrogen-bond donors (Lipinski definition) is 0. The predicted molar refractivity (Wildman–Crippen MR) is 127 cm³/mol. The Balaban J connectivity index is 1.27. The minimum Gasteiger partial charge on any atom is -0.354 e. The van der Waals surface area contributed by atoms with E-state index in [9.17, 15) is 0 Å². The van der Waals surface area contributed by atoms with Crippen molar-refractivity contribution in [1.29, 1.82) is 0 Å². The number of aromatic nitrogens is 5. The molecule has 0 N–H and O–H groups in total. The molecule has 0 radical (unpaired) electrons. The third-order valence-corrected chi connectivity index (χ3v) is 7.29. The van der Waals surface area contributed by atoms with Crippen LogP contribution in [0.1, 0.15) is 70.2 Å². The van der Waals surface area contributed by atoms with Crippen LogP contribution < -0.4 is 4.90 Å². The van der Waals surface area contributed by atoms with Crippen LogP contribution in [0.3, 0.4) is 0 Å². The Kier molecular flexibility index (Phi) is 6.86. The fourth-order valence-electron chi connectivity index (χ4n) is 3.97. The number of aryl methyl sites for hydroxylation is 1. The van der Waals surface area contributed by atoms with Crippen LogP contribution in [0.4, 0.5) is 5.82 Å². The van der Waals surface area contributed by atoms with E-state index in [1.165, 1.54) is 25.0 Å².